The van der Waals surface area contributed by atoms with Gasteiger partial charge in [-0.25, -0.2) is 4.98 Å². The minimum Gasteiger partial charge on any atom is -0.409 e. The zero-order valence-corrected chi connectivity index (χ0v) is 11.3. The van der Waals surface area contributed by atoms with Gasteiger partial charge in [-0.05, 0) is 5.56 Å². The number of aryl methyl sites for hydroxylation is 1. The molecule has 0 saturated heterocycles. The smallest absolute Gasteiger partial charge is 0.164 e. The molecule has 0 bridgehead atoms. The van der Waals surface area contributed by atoms with Gasteiger partial charge in [-0.3, -0.25) is 4.68 Å². The van der Waals surface area contributed by atoms with Crippen LogP contribution in [0.4, 0.5) is 0 Å². The molecular formula is C13H18N6O. The van der Waals surface area contributed by atoms with Crippen LogP contribution in [-0.4, -0.2) is 25.8 Å². The SMILES string of the molecule is Cn1cnc(CNC(C/C(N)=N/O)c2ccccc2)n1. The number of rotatable bonds is 6. The molecule has 0 fully saturated rings. The molecule has 1 unspecified atom stereocenters. The van der Waals surface area contributed by atoms with Crippen LogP contribution in [0.1, 0.15) is 23.9 Å². The molecule has 1 atom stereocenters. The van der Waals surface area contributed by atoms with E-state index < -0.39 is 0 Å². The second-order valence-corrected chi connectivity index (χ2v) is 4.47. The summed E-state index contributed by atoms with van der Waals surface area (Å²) in [4.78, 5) is 4.16. The molecule has 1 aromatic carbocycles. The van der Waals surface area contributed by atoms with Crippen LogP contribution in [0.15, 0.2) is 41.8 Å². The van der Waals surface area contributed by atoms with Gasteiger partial charge in [0.25, 0.3) is 0 Å². The first-order valence-corrected chi connectivity index (χ1v) is 6.28. The fourth-order valence-electron chi connectivity index (χ4n) is 1.92. The van der Waals surface area contributed by atoms with Crippen molar-refractivity contribution in [2.24, 2.45) is 17.9 Å². The van der Waals surface area contributed by atoms with Crippen molar-refractivity contribution in [3.8, 4) is 0 Å². The van der Waals surface area contributed by atoms with Crippen molar-refractivity contribution in [1.29, 1.82) is 0 Å². The van der Waals surface area contributed by atoms with Crippen LogP contribution in [0.5, 0.6) is 0 Å². The molecule has 0 aliphatic heterocycles. The Labute approximate surface area is 117 Å². The van der Waals surface area contributed by atoms with Gasteiger partial charge < -0.3 is 16.3 Å². The number of oxime groups is 1. The maximum absolute atomic E-state index is 8.73. The number of amidine groups is 1. The Morgan fingerprint density at radius 3 is 2.80 bits per heavy atom. The number of benzene rings is 1. The molecule has 0 saturated carbocycles. The van der Waals surface area contributed by atoms with Gasteiger partial charge in [0.15, 0.2) is 5.82 Å². The van der Waals surface area contributed by atoms with Crippen molar-refractivity contribution in [1.82, 2.24) is 20.1 Å². The van der Waals surface area contributed by atoms with E-state index >= 15 is 0 Å². The van der Waals surface area contributed by atoms with E-state index in [1.807, 2.05) is 37.4 Å². The molecular weight excluding hydrogens is 256 g/mol. The molecule has 1 heterocycles. The highest BCUT2D eigenvalue weighted by Crippen LogP contribution is 2.16. The van der Waals surface area contributed by atoms with Crippen LogP contribution in [0, 0.1) is 0 Å². The number of hydrogen-bond donors (Lipinski definition) is 3. The molecule has 7 nitrogen and oxygen atoms in total. The third kappa shape index (κ3) is 3.79. The summed E-state index contributed by atoms with van der Waals surface area (Å²) in [5.41, 5.74) is 6.67. The summed E-state index contributed by atoms with van der Waals surface area (Å²) in [5, 5.41) is 19.3. The molecule has 1 aromatic heterocycles. The largest absolute Gasteiger partial charge is 0.409 e. The van der Waals surface area contributed by atoms with E-state index in [1.54, 1.807) is 11.0 Å². The lowest BCUT2D eigenvalue weighted by molar-refractivity contribution is 0.315. The highest BCUT2D eigenvalue weighted by Gasteiger charge is 2.14. The van der Waals surface area contributed by atoms with E-state index in [0.717, 1.165) is 5.56 Å². The van der Waals surface area contributed by atoms with Gasteiger partial charge in [0.1, 0.15) is 12.2 Å². The third-order valence-electron chi connectivity index (χ3n) is 2.90. The lowest BCUT2D eigenvalue weighted by atomic mass is 10.0. The molecule has 0 amide bonds. The predicted molar refractivity (Wildman–Crippen MR) is 75.1 cm³/mol. The number of nitrogens with two attached hydrogens (primary N) is 1. The summed E-state index contributed by atoms with van der Waals surface area (Å²) >= 11 is 0. The van der Waals surface area contributed by atoms with Crippen molar-refractivity contribution >= 4 is 5.84 Å². The highest BCUT2D eigenvalue weighted by atomic mass is 16.4. The van der Waals surface area contributed by atoms with Gasteiger partial charge >= 0.3 is 0 Å². The number of nitrogens with zero attached hydrogens (tertiary/aromatic N) is 4. The molecule has 106 valence electrons. The minimum absolute atomic E-state index is 0.0593. The summed E-state index contributed by atoms with van der Waals surface area (Å²) in [7, 11) is 1.82. The van der Waals surface area contributed by atoms with Crippen molar-refractivity contribution in [2.75, 3.05) is 0 Å². The quantitative estimate of drug-likeness (QED) is 0.313. The van der Waals surface area contributed by atoms with Crippen molar-refractivity contribution in [2.45, 2.75) is 19.0 Å². The number of nitrogens with one attached hydrogen (secondary N) is 1. The zero-order chi connectivity index (χ0) is 14.4. The maximum atomic E-state index is 8.73. The van der Waals surface area contributed by atoms with Crippen LogP contribution in [0.25, 0.3) is 0 Å². The maximum Gasteiger partial charge on any atom is 0.164 e. The van der Waals surface area contributed by atoms with Crippen molar-refractivity contribution in [3.05, 3.63) is 48.0 Å². The van der Waals surface area contributed by atoms with Crippen LogP contribution in [0.2, 0.25) is 0 Å². The van der Waals surface area contributed by atoms with Gasteiger partial charge in [-0.1, -0.05) is 35.5 Å². The monoisotopic (exact) mass is 274 g/mol. The average molecular weight is 274 g/mol. The lowest BCUT2D eigenvalue weighted by Crippen LogP contribution is -2.27. The fraction of sp³-hybridized carbons (Fsp3) is 0.308. The van der Waals surface area contributed by atoms with E-state index in [2.05, 4.69) is 20.6 Å². The van der Waals surface area contributed by atoms with E-state index in [1.165, 1.54) is 0 Å². The summed E-state index contributed by atoms with van der Waals surface area (Å²) in [6.07, 6.45) is 2.06. The Morgan fingerprint density at radius 1 is 1.45 bits per heavy atom. The molecule has 2 rings (SSSR count). The summed E-state index contributed by atoms with van der Waals surface area (Å²) in [6, 6.07) is 9.79. The van der Waals surface area contributed by atoms with Crippen LogP contribution in [-0.2, 0) is 13.6 Å². The standard InChI is InChI=1S/C13H18N6O/c1-19-9-16-13(17-19)8-15-11(7-12(14)18-20)10-5-3-2-4-6-10/h2-6,9,11,15,20H,7-8H2,1H3,(H2,14,18). The number of aromatic nitrogens is 3. The van der Waals surface area contributed by atoms with Gasteiger partial charge in [-0.2, -0.15) is 5.10 Å². The van der Waals surface area contributed by atoms with E-state index in [4.69, 9.17) is 10.9 Å². The molecule has 0 aliphatic carbocycles. The summed E-state index contributed by atoms with van der Waals surface area (Å²) in [6.45, 7) is 0.513. The number of hydrogen-bond acceptors (Lipinski definition) is 5. The molecule has 2 aromatic rings. The Hall–Kier alpha value is -2.41. The highest BCUT2D eigenvalue weighted by molar-refractivity contribution is 5.80. The second-order valence-electron chi connectivity index (χ2n) is 4.47. The third-order valence-corrected chi connectivity index (χ3v) is 2.90. The van der Waals surface area contributed by atoms with Crippen LogP contribution in [0.3, 0.4) is 0 Å². The first kappa shape index (κ1) is 14.0. The normalized spacial score (nSPS) is 13.3. The van der Waals surface area contributed by atoms with E-state index in [-0.39, 0.29) is 11.9 Å². The van der Waals surface area contributed by atoms with E-state index in [9.17, 15) is 0 Å². The van der Waals surface area contributed by atoms with Crippen LogP contribution < -0.4 is 11.1 Å². The Kier molecular flexibility index (Phi) is 4.67. The molecule has 0 radical (unpaired) electrons. The molecule has 0 aliphatic rings. The molecule has 0 spiro atoms. The Morgan fingerprint density at radius 2 is 2.20 bits per heavy atom. The van der Waals surface area contributed by atoms with Crippen LogP contribution >= 0.6 is 0 Å². The van der Waals surface area contributed by atoms with Gasteiger partial charge in [0.05, 0.1) is 6.54 Å². The molecule has 7 heteroatoms. The Balaban J connectivity index is 2.06. The van der Waals surface area contributed by atoms with E-state index in [0.29, 0.717) is 18.8 Å². The first-order valence-electron chi connectivity index (χ1n) is 6.28. The van der Waals surface area contributed by atoms with Gasteiger partial charge in [0.2, 0.25) is 0 Å². The second kappa shape index (κ2) is 6.67. The zero-order valence-electron chi connectivity index (χ0n) is 11.3. The molecule has 20 heavy (non-hydrogen) atoms. The van der Waals surface area contributed by atoms with Crippen molar-refractivity contribution < 1.29 is 5.21 Å². The topological polar surface area (TPSA) is 101 Å². The summed E-state index contributed by atoms with van der Waals surface area (Å²) in [5.74, 6) is 0.883. The van der Waals surface area contributed by atoms with Gasteiger partial charge in [-0.15, -0.1) is 0 Å². The molecule has 4 N–H and O–H groups in total. The minimum atomic E-state index is -0.0593. The first-order chi connectivity index (χ1) is 9.69. The van der Waals surface area contributed by atoms with Crippen molar-refractivity contribution in [3.63, 3.8) is 0 Å². The summed E-state index contributed by atoms with van der Waals surface area (Å²) < 4.78 is 1.65. The lowest BCUT2D eigenvalue weighted by Gasteiger charge is -2.17. The average Bonchev–Trinajstić information content (AvgIpc) is 2.89. The fourth-order valence-corrected chi connectivity index (χ4v) is 1.92. The predicted octanol–water partition coefficient (Wildman–Crippen LogP) is 0.783. The van der Waals surface area contributed by atoms with Gasteiger partial charge in [0, 0.05) is 19.5 Å². The Bertz CT molecular complexity index is 565.